The van der Waals surface area contributed by atoms with Gasteiger partial charge in [-0.05, 0) is 55.9 Å². The molecule has 200 valence electrons. The molecule has 1 saturated carbocycles. The maximum atomic E-state index is 13.6. The lowest BCUT2D eigenvalue weighted by Crippen LogP contribution is -2.65. The lowest BCUT2D eigenvalue weighted by atomic mass is 9.92. The summed E-state index contributed by atoms with van der Waals surface area (Å²) >= 11 is 12.1. The Bertz CT molecular complexity index is 1220. The molecule has 4 rings (SSSR count). The highest BCUT2D eigenvalue weighted by molar-refractivity contribution is 7.88. The van der Waals surface area contributed by atoms with Crippen LogP contribution < -0.4 is 16.4 Å². The van der Waals surface area contributed by atoms with Crippen LogP contribution in [-0.2, 0) is 20.6 Å². The fourth-order valence-electron chi connectivity index (χ4n) is 4.75. The van der Waals surface area contributed by atoms with E-state index >= 15 is 0 Å². The zero-order valence-corrected chi connectivity index (χ0v) is 22.6. The first kappa shape index (κ1) is 27.7. The molecule has 2 aromatic carbocycles. The molecule has 1 heterocycles. The fourth-order valence-corrected chi connectivity index (χ4v) is 6.75. The number of carbonyl (C=O) groups is 2. The monoisotopic (exact) mass is 567 g/mol. The average molecular weight is 569 g/mol. The molecule has 0 spiro atoms. The first-order chi connectivity index (χ1) is 17.6. The van der Waals surface area contributed by atoms with Crippen LogP contribution >= 0.6 is 23.2 Å². The van der Waals surface area contributed by atoms with E-state index in [9.17, 15) is 18.0 Å². The predicted octanol–water partition coefficient (Wildman–Crippen LogP) is 3.78. The molecule has 12 heteroatoms. The first-order valence-electron chi connectivity index (χ1n) is 12.3. The number of hydrogen-bond acceptors (Lipinski definition) is 5. The number of hydrogen-bond donors (Lipinski definition) is 3. The molecular formula is C25H31Cl2N5O4S. The zero-order chi connectivity index (χ0) is 26.6. The standard InChI is InChI=1S/C25H31Cl2N5O4S/c26-21-12-11-20(15-22(21)27)30-25(34)31-13-4-14-32(37(35,36)16-17-5-2-1-3-6-17)24(31)23(33)29-19-9-7-18(28)8-10-19/h1-3,5-6,11-12,15,18-19,24H,4,7-10,13-14,16,28H2,(H,29,33)(H,30,34). The summed E-state index contributed by atoms with van der Waals surface area (Å²) in [7, 11) is -3.94. The van der Waals surface area contributed by atoms with Gasteiger partial charge < -0.3 is 16.4 Å². The van der Waals surface area contributed by atoms with E-state index in [1.165, 1.54) is 11.0 Å². The molecule has 2 aliphatic rings. The van der Waals surface area contributed by atoms with Crippen molar-refractivity contribution in [1.29, 1.82) is 0 Å². The minimum Gasteiger partial charge on any atom is -0.350 e. The van der Waals surface area contributed by atoms with Gasteiger partial charge in [0.25, 0.3) is 5.91 Å². The van der Waals surface area contributed by atoms with Crippen LogP contribution in [0.4, 0.5) is 10.5 Å². The van der Waals surface area contributed by atoms with E-state index in [0.717, 1.165) is 17.1 Å². The topological polar surface area (TPSA) is 125 Å². The summed E-state index contributed by atoms with van der Waals surface area (Å²) < 4.78 is 28.2. The minimum absolute atomic E-state index is 0.0963. The second-order valence-corrected chi connectivity index (χ2v) is 12.2. The zero-order valence-electron chi connectivity index (χ0n) is 20.3. The predicted molar refractivity (Wildman–Crippen MR) is 145 cm³/mol. The van der Waals surface area contributed by atoms with Gasteiger partial charge in [-0.15, -0.1) is 0 Å². The fraction of sp³-hybridized carbons (Fsp3) is 0.440. The van der Waals surface area contributed by atoms with Gasteiger partial charge in [-0.1, -0.05) is 53.5 Å². The quantitative estimate of drug-likeness (QED) is 0.490. The number of sulfonamides is 1. The molecule has 0 aromatic heterocycles. The summed E-state index contributed by atoms with van der Waals surface area (Å²) in [5.41, 5.74) is 6.98. The average Bonchev–Trinajstić information content (AvgIpc) is 2.87. The molecule has 9 nitrogen and oxygen atoms in total. The molecule has 0 radical (unpaired) electrons. The number of nitrogens with zero attached hydrogens (tertiary/aromatic N) is 2. The van der Waals surface area contributed by atoms with Crippen LogP contribution in [0.2, 0.25) is 10.0 Å². The van der Waals surface area contributed by atoms with Gasteiger partial charge in [-0.25, -0.2) is 13.2 Å². The van der Waals surface area contributed by atoms with Crippen molar-refractivity contribution < 1.29 is 18.0 Å². The second kappa shape index (κ2) is 12.0. The summed E-state index contributed by atoms with van der Waals surface area (Å²) in [5, 5.41) is 6.29. The number of anilines is 1. The van der Waals surface area contributed by atoms with Crippen LogP contribution in [0.1, 0.15) is 37.7 Å². The highest BCUT2D eigenvalue weighted by Gasteiger charge is 2.44. The molecule has 1 aliphatic carbocycles. The summed E-state index contributed by atoms with van der Waals surface area (Å²) in [6.07, 6.45) is 1.99. The van der Waals surface area contributed by atoms with E-state index in [4.69, 9.17) is 28.9 Å². The number of nitrogens with one attached hydrogen (secondary N) is 2. The van der Waals surface area contributed by atoms with Gasteiger partial charge >= 0.3 is 6.03 Å². The molecule has 2 fully saturated rings. The number of nitrogens with two attached hydrogens (primary N) is 1. The van der Waals surface area contributed by atoms with Crippen LogP contribution in [0.3, 0.4) is 0 Å². The SMILES string of the molecule is NC1CCC(NC(=O)C2N(C(=O)Nc3ccc(Cl)c(Cl)c3)CCCN2S(=O)(=O)Cc2ccccc2)CC1. The molecular weight excluding hydrogens is 537 g/mol. The largest absolute Gasteiger partial charge is 0.350 e. The van der Waals surface area contributed by atoms with Gasteiger partial charge in [-0.3, -0.25) is 9.69 Å². The summed E-state index contributed by atoms with van der Waals surface area (Å²) in [6, 6.07) is 12.7. The first-order valence-corrected chi connectivity index (χ1v) is 14.6. The number of urea groups is 1. The number of rotatable bonds is 6. The van der Waals surface area contributed by atoms with E-state index < -0.39 is 28.1 Å². The number of benzene rings is 2. The van der Waals surface area contributed by atoms with E-state index in [-0.39, 0.29) is 35.9 Å². The number of halogens is 2. The molecule has 1 aliphatic heterocycles. The Morgan fingerprint density at radius 1 is 0.973 bits per heavy atom. The van der Waals surface area contributed by atoms with Crippen molar-refractivity contribution in [1.82, 2.24) is 14.5 Å². The smallest absolute Gasteiger partial charge is 0.323 e. The molecule has 1 atom stereocenters. The minimum atomic E-state index is -3.94. The van der Waals surface area contributed by atoms with Gasteiger partial charge in [0.15, 0.2) is 6.17 Å². The third-order valence-electron chi connectivity index (χ3n) is 6.68. The van der Waals surface area contributed by atoms with Crippen LogP contribution in [-0.4, -0.2) is 60.9 Å². The Morgan fingerprint density at radius 2 is 1.68 bits per heavy atom. The van der Waals surface area contributed by atoms with Crippen LogP contribution in [0.15, 0.2) is 48.5 Å². The van der Waals surface area contributed by atoms with Crippen molar-refractivity contribution in [3.63, 3.8) is 0 Å². The summed E-state index contributed by atoms with van der Waals surface area (Å²) in [6.45, 7) is 0.331. The van der Waals surface area contributed by atoms with E-state index in [1.54, 1.807) is 42.5 Å². The Morgan fingerprint density at radius 3 is 2.35 bits per heavy atom. The highest BCUT2D eigenvalue weighted by atomic mass is 35.5. The Kier molecular flexibility index (Phi) is 8.97. The van der Waals surface area contributed by atoms with Gasteiger partial charge in [0.1, 0.15) is 0 Å². The van der Waals surface area contributed by atoms with E-state index in [2.05, 4.69) is 10.6 Å². The Hall–Kier alpha value is -2.37. The maximum absolute atomic E-state index is 13.6. The lowest BCUT2D eigenvalue weighted by Gasteiger charge is -2.42. The Labute approximate surface area is 227 Å². The Balaban J connectivity index is 1.60. The van der Waals surface area contributed by atoms with Crippen LogP contribution in [0.5, 0.6) is 0 Å². The molecule has 0 bridgehead atoms. The van der Waals surface area contributed by atoms with Crippen molar-refractivity contribution in [3.05, 3.63) is 64.1 Å². The second-order valence-electron chi connectivity index (χ2n) is 9.45. The molecule has 1 unspecified atom stereocenters. The van der Waals surface area contributed by atoms with E-state index in [0.29, 0.717) is 35.5 Å². The van der Waals surface area contributed by atoms with Crippen molar-refractivity contribution in [2.75, 3.05) is 18.4 Å². The summed E-state index contributed by atoms with van der Waals surface area (Å²) in [5.74, 6) is -0.806. The van der Waals surface area contributed by atoms with Crippen molar-refractivity contribution >= 4 is 50.9 Å². The third kappa shape index (κ3) is 6.94. The van der Waals surface area contributed by atoms with Crippen molar-refractivity contribution in [2.45, 2.75) is 56.1 Å². The van der Waals surface area contributed by atoms with Gasteiger partial charge in [0, 0.05) is 30.9 Å². The maximum Gasteiger partial charge on any atom is 0.323 e. The molecule has 2 aromatic rings. The molecule has 37 heavy (non-hydrogen) atoms. The van der Waals surface area contributed by atoms with Crippen LogP contribution in [0, 0.1) is 0 Å². The number of amides is 3. The van der Waals surface area contributed by atoms with Gasteiger partial charge in [-0.2, -0.15) is 4.31 Å². The number of carbonyl (C=O) groups excluding carboxylic acids is 2. The molecule has 3 amide bonds. The summed E-state index contributed by atoms with van der Waals surface area (Å²) in [4.78, 5) is 28.2. The van der Waals surface area contributed by atoms with Gasteiger partial charge in [0.2, 0.25) is 10.0 Å². The normalized spacial score (nSPS) is 22.9. The lowest BCUT2D eigenvalue weighted by molar-refractivity contribution is -0.131. The van der Waals surface area contributed by atoms with Crippen LogP contribution in [0.25, 0.3) is 0 Å². The third-order valence-corrected chi connectivity index (χ3v) is 9.21. The van der Waals surface area contributed by atoms with Crippen molar-refractivity contribution in [2.24, 2.45) is 5.73 Å². The van der Waals surface area contributed by atoms with Gasteiger partial charge in [0.05, 0.1) is 15.8 Å². The molecule has 1 saturated heterocycles. The van der Waals surface area contributed by atoms with Crippen molar-refractivity contribution in [3.8, 4) is 0 Å². The van der Waals surface area contributed by atoms with E-state index in [1.807, 2.05) is 0 Å². The highest BCUT2D eigenvalue weighted by Crippen LogP contribution is 2.27. The molecule has 4 N–H and O–H groups in total.